The van der Waals surface area contributed by atoms with Crippen LogP contribution in [0.3, 0.4) is 0 Å². The van der Waals surface area contributed by atoms with Crippen LogP contribution in [-0.2, 0) is 13.0 Å². The third-order valence-electron chi connectivity index (χ3n) is 3.27. The summed E-state index contributed by atoms with van der Waals surface area (Å²) in [5.41, 5.74) is 9.41. The largest absolute Gasteiger partial charge is 0.342 e. The maximum atomic E-state index is 13.5. The zero-order chi connectivity index (χ0) is 14.1. The van der Waals surface area contributed by atoms with Crippen molar-refractivity contribution >= 4 is 27.0 Å². The molecular formula is C15H13BrFN3. The zero-order valence-electron chi connectivity index (χ0n) is 10.7. The number of benzene rings is 2. The van der Waals surface area contributed by atoms with Gasteiger partial charge in [-0.1, -0.05) is 24.3 Å². The van der Waals surface area contributed by atoms with E-state index in [0.717, 1.165) is 22.5 Å². The number of nitrogens with zero attached hydrogens (tertiary/aromatic N) is 1. The van der Waals surface area contributed by atoms with Gasteiger partial charge < -0.3 is 10.7 Å². The molecule has 0 aliphatic heterocycles. The van der Waals surface area contributed by atoms with Crippen LogP contribution in [0.4, 0.5) is 4.39 Å². The number of fused-ring (bicyclic) bond motifs is 1. The predicted molar refractivity (Wildman–Crippen MR) is 80.9 cm³/mol. The van der Waals surface area contributed by atoms with Crippen LogP contribution in [0.5, 0.6) is 0 Å². The van der Waals surface area contributed by atoms with Gasteiger partial charge in [-0.05, 0) is 33.1 Å². The highest BCUT2D eigenvalue weighted by Crippen LogP contribution is 2.23. The monoisotopic (exact) mass is 333 g/mol. The number of aromatic nitrogens is 2. The second-order valence-corrected chi connectivity index (χ2v) is 5.47. The first-order valence-corrected chi connectivity index (χ1v) is 7.07. The quantitative estimate of drug-likeness (QED) is 0.770. The molecule has 0 saturated carbocycles. The minimum Gasteiger partial charge on any atom is -0.342 e. The molecule has 20 heavy (non-hydrogen) atoms. The maximum Gasteiger partial charge on any atom is 0.139 e. The Morgan fingerprint density at radius 2 is 1.95 bits per heavy atom. The zero-order valence-corrected chi connectivity index (χ0v) is 12.2. The summed E-state index contributed by atoms with van der Waals surface area (Å²) < 4.78 is 13.9. The Bertz CT molecular complexity index is 728. The lowest BCUT2D eigenvalue weighted by atomic mass is 10.0. The van der Waals surface area contributed by atoms with Crippen molar-refractivity contribution in [1.82, 2.24) is 9.97 Å². The summed E-state index contributed by atoms with van der Waals surface area (Å²) in [5, 5.41) is 0. The van der Waals surface area contributed by atoms with Gasteiger partial charge in [-0.3, -0.25) is 0 Å². The summed E-state index contributed by atoms with van der Waals surface area (Å²) in [6, 6.07) is 11.1. The summed E-state index contributed by atoms with van der Waals surface area (Å²) in [4.78, 5) is 7.64. The number of rotatable bonds is 3. The molecule has 1 heterocycles. The molecule has 5 heteroatoms. The minimum absolute atomic E-state index is 0.296. The average Bonchev–Trinajstić information content (AvgIpc) is 2.81. The van der Waals surface area contributed by atoms with Crippen LogP contribution < -0.4 is 5.73 Å². The Labute approximate surface area is 124 Å². The normalized spacial score (nSPS) is 11.2. The van der Waals surface area contributed by atoms with Gasteiger partial charge in [0.25, 0.3) is 0 Å². The van der Waals surface area contributed by atoms with Gasteiger partial charge in [-0.15, -0.1) is 0 Å². The molecular weight excluding hydrogens is 321 g/mol. The number of nitrogens with one attached hydrogen (secondary N) is 1. The number of H-pyrrole nitrogens is 1. The van der Waals surface area contributed by atoms with Crippen molar-refractivity contribution in [2.45, 2.75) is 13.0 Å². The standard InChI is InChI=1S/C15H13BrFN3/c16-11-6-13-14(7-12(11)17)20-15(19-13)5-9-3-1-2-4-10(9)8-18/h1-4,6-7H,5,8,18H2,(H,19,20). The number of hydrogen-bond acceptors (Lipinski definition) is 2. The Morgan fingerprint density at radius 1 is 1.20 bits per heavy atom. The number of hydrogen-bond donors (Lipinski definition) is 2. The van der Waals surface area contributed by atoms with Crippen molar-refractivity contribution in [1.29, 1.82) is 0 Å². The molecule has 3 rings (SSSR count). The van der Waals surface area contributed by atoms with Crippen LogP contribution in [-0.4, -0.2) is 9.97 Å². The lowest BCUT2D eigenvalue weighted by Crippen LogP contribution is -2.02. The van der Waals surface area contributed by atoms with Gasteiger partial charge in [0, 0.05) is 19.0 Å². The Hall–Kier alpha value is -1.72. The van der Waals surface area contributed by atoms with Gasteiger partial charge in [-0.25, -0.2) is 9.37 Å². The minimum atomic E-state index is -0.296. The highest BCUT2D eigenvalue weighted by Gasteiger charge is 2.09. The van der Waals surface area contributed by atoms with E-state index in [0.29, 0.717) is 23.0 Å². The third kappa shape index (κ3) is 2.46. The number of aromatic amines is 1. The molecule has 0 atom stereocenters. The molecule has 0 spiro atoms. The van der Waals surface area contributed by atoms with E-state index in [1.165, 1.54) is 6.07 Å². The number of imidazole rings is 1. The average molecular weight is 334 g/mol. The van der Waals surface area contributed by atoms with Crippen molar-refractivity contribution in [2.24, 2.45) is 5.73 Å². The van der Waals surface area contributed by atoms with Gasteiger partial charge in [0.05, 0.1) is 15.5 Å². The lowest BCUT2D eigenvalue weighted by molar-refractivity contribution is 0.623. The molecule has 1 aromatic heterocycles. The van der Waals surface area contributed by atoms with Crippen LogP contribution in [0.2, 0.25) is 0 Å². The van der Waals surface area contributed by atoms with Crippen LogP contribution in [0, 0.1) is 5.82 Å². The smallest absolute Gasteiger partial charge is 0.139 e. The van der Waals surface area contributed by atoms with E-state index in [1.807, 2.05) is 24.3 Å². The molecule has 0 unspecified atom stereocenters. The molecule has 2 aromatic carbocycles. The van der Waals surface area contributed by atoms with Gasteiger partial charge >= 0.3 is 0 Å². The molecule has 0 bridgehead atoms. The van der Waals surface area contributed by atoms with Crippen molar-refractivity contribution < 1.29 is 4.39 Å². The van der Waals surface area contributed by atoms with E-state index in [-0.39, 0.29) is 5.82 Å². The van der Waals surface area contributed by atoms with E-state index in [1.54, 1.807) is 6.07 Å². The van der Waals surface area contributed by atoms with E-state index >= 15 is 0 Å². The van der Waals surface area contributed by atoms with Gasteiger partial charge in [0.15, 0.2) is 0 Å². The fourth-order valence-corrected chi connectivity index (χ4v) is 2.58. The second-order valence-electron chi connectivity index (χ2n) is 4.62. The maximum absolute atomic E-state index is 13.5. The molecule has 0 saturated heterocycles. The van der Waals surface area contributed by atoms with Gasteiger partial charge in [0.1, 0.15) is 11.6 Å². The molecule has 0 aliphatic carbocycles. The van der Waals surface area contributed by atoms with Crippen molar-refractivity contribution in [2.75, 3.05) is 0 Å². The van der Waals surface area contributed by atoms with Crippen molar-refractivity contribution in [3.05, 3.63) is 63.6 Å². The Balaban J connectivity index is 1.99. The molecule has 0 amide bonds. The molecule has 3 aromatic rings. The van der Waals surface area contributed by atoms with E-state index in [2.05, 4.69) is 25.9 Å². The van der Waals surface area contributed by atoms with Crippen LogP contribution in [0.15, 0.2) is 40.9 Å². The molecule has 3 N–H and O–H groups in total. The molecule has 3 nitrogen and oxygen atoms in total. The highest BCUT2D eigenvalue weighted by atomic mass is 79.9. The summed E-state index contributed by atoms with van der Waals surface area (Å²) in [7, 11) is 0. The number of halogens is 2. The van der Waals surface area contributed by atoms with Crippen LogP contribution >= 0.6 is 15.9 Å². The summed E-state index contributed by atoms with van der Waals surface area (Å²) >= 11 is 3.17. The fourth-order valence-electron chi connectivity index (χ4n) is 2.25. The fraction of sp³-hybridized carbons (Fsp3) is 0.133. The van der Waals surface area contributed by atoms with E-state index in [9.17, 15) is 4.39 Å². The first-order valence-electron chi connectivity index (χ1n) is 6.28. The summed E-state index contributed by atoms with van der Waals surface area (Å²) in [5.74, 6) is 0.508. The highest BCUT2D eigenvalue weighted by molar-refractivity contribution is 9.10. The predicted octanol–water partition coefficient (Wildman–Crippen LogP) is 3.51. The molecule has 102 valence electrons. The topological polar surface area (TPSA) is 54.7 Å². The lowest BCUT2D eigenvalue weighted by Gasteiger charge is -2.05. The molecule has 0 radical (unpaired) electrons. The Kier molecular flexibility index (Phi) is 3.54. The molecule has 0 fully saturated rings. The second kappa shape index (κ2) is 5.34. The summed E-state index contributed by atoms with van der Waals surface area (Å²) in [6.45, 7) is 0.497. The van der Waals surface area contributed by atoms with E-state index in [4.69, 9.17) is 5.73 Å². The first-order chi connectivity index (χ1) is 9.67. The van der Waals surface area contributed by atoms with Crippen LogP contribution in [0.1, 0.15) is 17.0 Å². The Morgan fingerprint density at radius 3 is 2.70 bits per heavy atom. The summed E-state index contributed by atoms with van der Waals surface area (Å²) in [6.07, 6.45) is 0.654. The first kappa shape index (κ1) is 13.3. The van der Waals surface area contributed by atoms with Gasteiger partial charge in [-0.2, -0.15) is 0 Å². The number of nitrogens with two attached hydrogens (primary N) is 1. The van der Waals surface area contributed by atoms with Crippen molar-refractivity contribution in [3.8, 4) is 0 Å². The van der Waals surface area contributed by atoms with Crippen molar-refractivity contribution in [3.63, 3.8) is 0 Å². The SMILES string of the molecule is NCc1ccccc1Cc1nc2cc(Br)c(F)cc2[nH]1. The van der Waals surface area contributed by atoms with Crippen LogP contribution in [0.25, 0.3) is 11.0 Å². The molecule has 0 aliphatic rings. The third-order valence-corrected chi connectivity index (χ3v) is 3.88. The van der Waals surface area contributed by atoms with E-state index < -0.39 is 0 Å². The van der Waals surface area contributed by atoms with Gasteiger partial charge in [0.2, 0.25) is 0 Å².